The van der Waals surface area contributed by atoms with E-state index >= 15 is 8.78 Å². The van der Waals surface area contributed by atoms with E-state index in [9.17, 15) is 14.4 Å². The highest BCUT2D eigenvalue weighted by Crippen LogP contribution is 2.68. The van der Waals surface area contributed by atoms with Gasteiger partial charge in [-0.15, -0.1) is 11.3 Å². The first kappa shape index (κ1) is 38.6. The summed E-state index contributed by atoms with van der Waals surface area (Å²) in [6, 6.07) is 7.66. The van der Waals surface area contributed by atoms with Gasteiger partial charge in [0.25, 0.3) is 11.8 Å². The largest absolute Gasteiger partial charge is 0.464 e. The Morgan fingerprint density at radius 3 is 2.62 bits per heavy atom. The third kappa shape index (κ3) is 6.23. The number of benzene rings is 1. The molecule has 11 nitrogen and oxygen atoms in total. The molecule has 8 rings (SSSR count). The van der Waals surface area contributed by atoms with E-state index in [2.05, 4.69) is 40.4 Å². The highest BCUT2D eigenvalue weighted by atomic mass is 32.1. The van der Waals surface area contributed by atoms with E-state index in [1.165, 1.54) is 18.3 Å². The Hall–Kier alpha value is -4.27. The van der Waals surface area contributed by atoms with Gasteiger partial charge in [-0.05, 0) is 61.9 Å². The van der Waals surface area contributed by atoms with E-state index in [1.54, 1.807) is 13.3 Å². The minimum absolute atomic E-state index is 0.0497. The standard InChI is InChI=1S/C42H50F2N6O5S/c1-9-49-30-13-12-24-15-26(30)27(35(49)25-11-10-14-45-33(25)23(4)54-8)17-40(5,6)20-55-39(53)34-36-41(7,42(36,43)44)19-50(48-34)38(52)28(16-31-46-29(24)18-56-31)47-37(51)32-21(2)22(32)3/h10-15,18,21-23,28,32,34,36,48H,9,16-17,19-20H2,1-8H3,(H,47,51)/t21-,22+,23-,28-,32?,34-,36-,41+/m0/s1. The number of fused-ring (bicyclic) bond motifs is 8. The Balaban J connectivity index is 1.26. The molecule has 1 saturated heterocycles. The van der Waals surface area contributed by atoms with Crippen LogP contribution in [0.15, 0.2) is 41.9 Å². The molecule has 0 radical (unpaired) electrons. The summed E-state index contributed by atoms with van der Waals surface area (Å²) in [6.45, 7) is 13.7. The first-order valence-electron chi connectivity index (χ1n) is 19.5. The van der Waals surface area contributed by atoms with Gasteiger partial charge in [0.1, 0.15) is 12.1 Å². The number of ether oxygens (including phenoxy) is 2. The van der Waals surface area contributed by atoms with Gasteiger partial charge in [-0.2, -0.15) is 0 Å². The number of cyclic esters (lactones) is 1. The van der Waals surface area contributed by atoms with Gasteiger partial charge in [0, 0.05) is 71.6 Å². The van der Waals surface area contributed by atoms with Gasteiger partial charge in [0.05, 0.1) is 46.1 Å². The number of aromatic nitrogens is 3. The maximum absolute atomic E-state index is 15.7. The molecule has 2 saturated carbocycles. The third-order valence-corrected chi connectivity index (χ3v) is 13.8. The molecule has 4 aliphatic rings. The van der Waals surface area contributed by atoms with Crippen molar-refractivity contribution >= 4 is 40.0 Å². The smallest absolute Gasteiger partial charge is 0.325 e. The van der Waals surface area contributed by atoms with E-state index in [1.807, 2.05) is 52.1 Å². The highest BCUT2D eigenvalue weighted by Gasteiger charge is 2.83. The molecule has 298 valence electrons. The van der Waals surface area contributed by atoms with Crippen molar-refractivity contribution in [3.8, 4) is 22.5 Å². The molecule has 0 spiro atoms. The fourth-order valence-corrected chi connectivity index (χ4v) is 10.0. The van der Waals surface area contributed by atoms with E-state index in [4.69, 9.17) is 19.4 Å². The van der Waals surface area contributed by atoms with Crippen LogP contribution in [0.2, 0.25) is 0 Å². The topological polar surface area (TPSA) is 128 Å². The summed E-state index contributed by atoms with van der Waals surface area (Å²) >= 11 is 1.37. The van der Waals surface area contributed by atoms with Crippen LogP contribution in [0.1, 0.15) is 70.8 Å². The maximum atomic E-state index is 15.7. The molecule has 1 unspecified atom stereocenters. The summed E-state index contributed by atoms with van der Waals surface area (Å²) in [4.78, 5) is 51.5. The number of hydrogen-bond acceptors (Lipinski definition) is 9. The van der Waals surface area contributed by atoms with Crippen LogP contribution in [0.25, 0.3) is 33.4 Å². The summed E-state index contributed by atoms with van der Waals surface area (Å²) in [7, 11) is 1.66. The molecule has 14 heteroatoms. The molecule has 5 heterocycles. The second-order valence-electron chi connectivity index (χ2n) is 17.3. The van der Waals surface area contributed by atoms with Crippen LogP contribution in [0.3, 0.4) is 0 Å². The van der Waals surface area contributed by atoms with E-state index < -0.39 is 46.6 Å². The summed E-state index contributed by atoms with van der Waals surface area (Å²) in [5, 5.41) is 7.59. The Bertz CT molecular complexity index is 2230. The van der Waals surface area contributed by atoms with Gasteiger partial charge in [0.15, 0.2) is 0 Å². The van der Waals surface area contributed by atoms with Gasteiger partial charge in [-0.3, -0.25) is 24.4 Å². The van der Waals surface area contributed by atoms with Crippen molar-refractivity contribution in [1.82, 2.24) is 30.3 Å². The molecule has 2 aliphatic carbocycles. The Kier molecular flexibility index (Phi) is 9.44. The number of nitrogens with zero attached hydrogens (tertiary/aromatic N) is 4. The van der Waals surface area contributed by atoms with Crippen molar-refractivity contribution in [2.45, 2.75) is 92.0 Å². The minimum atomic E-state index is -3.22. The van der Waals surface area contributed by atoms with Crippen molar-refractivity contribution in [1.29, 1.82) is 0 Å². The van der Waals surface area contributed by atoms with Gasteiger partial charge < -0.3 is 19.4 Å². The predicted octanol–water partition coefficient (Wildman–Crippen LogP) is 6.60. The first-order valence-corrected chi connectivity index (χ1v) is 20.4. The number of carbonyl (C=O) groups excluding carboxylic acids is 3. The van der Waals surface area contributed by atoms with E-state index in [0.29, 0.717) is 18.0 Å². The summed E-state index contributed by atoms with van der Waals surface area (Å²) < 4.78 is 45.3. The number of thiazole rings is 1. The van der Waals surface area contributed by atoms with E-state index in [-0.39, 0.29) is 49.3 Å². The second-order valence-corrected chi connectivity index (χ2v) is 18.2. The maximum Gasteiger partial charge on any atom is 0.325 e. The van der Waals surface area contributed by atoms with Crippen molar-refractivity contribution in [2.75, 3.05) is 20.3 Å². The zero-order valence-electron chi connectivity index (χ0n) is 33.1. The van der Waals surface area contributed by atoms with Crippen LogP contribution < -0.4 is 10.7 Å². The number of amides is 2. The lowest BCUT2D eigenvalue weighted by Gasteiger charge is -2.37. The number of alkyl halides is 2. The van der Waals surface area contributed by atoms with Crippen molar-refractivity contribution in [2.24, 2.45) is 34.5 Å². The molecule has 3 fully saturated rings. The minimum Gasteiger partial charge on any atom is -0.464 e. The van der Waals surface area contributed by atoms with Crippen LogP contribution in [0.5, 0.6) is 0 Å². The molecule has 56 heavy (non-hydrogen) atoms. The molecule has 8 atom stereocenters. The molecule has 2 amide bonds. The third-order valence-electron chi connectivity index (χ3n) is 12.9. The Morgan fingerprint density at radius 1 is 1.18 bits per heavy atom. The molecule has 2 N–H and O–H groups in total. The Morgan fingerprint density at radius 2 is 1.93 bits per heavy atom. The van der Waals surface area contributed by atoms with Crippen LogP contribution in [-0.4, -0.2) is 75.6 Å². The predicted molar refractivity (Wildman–Crippen MR) is 208 cm³/mol. The molecule has 3 aromatic heterocycles. The lowest BCUT2D eigenvalue weighted by Crippen LogP contribution is -2.62. The lowest BCUT2D eigenvalue weighted by molar-refractivity contribution is -0.157. The van der Waals surface area contributed by atoms with Gasteiger partial charge in [0.2, 0.25) is 5.91 Å². The number of rotatable bonds is 6. The molecule has 2 aliphatic heterocycles. The summed E-state index contributed by atoms with van der Waals surface area (Å²) in [6.07, 6.45) is 1.99. The van der Waals surface area contributed by atoms with Crippen LogP contribution in [-0.2, 0) is 43.2 Å². The van der Waals surface area contributed by atoms with Crippen molar-refractivity contribution < 1.29 is 32.6 Å². The van der Waals surface area contributed by atoms with Crippen LogP contribution in [0, 0.1) is 34.5 Å². The number of halogens is 2. The monoisotopic (exact) mass is 788 g/mol. The number of nitrogens with one attached hydrogen (secondary N) is 2. The number of aryl methyl sites for hydroxylation is 1. The SMILES string of the molecule is CCn1c(-c2cccnc2[C@H](C)OC)c2c3cc(ccc31)-c1csc(n1)C[C@H](NC(=O)C1[C@@H](C)[C@H]1C)C(=O)N1C[C@]3(C)[C@H]([C@H](N1)C(=O)OCC(C)(C)C2)C3(F)F. The number of pyridine rings is 1. The zero-order chi connectivity index (χ0) is 40.1. The molecule has 6 bridgehead atoms. The van der Waals surface area contributed by atoms with Gasteiger partial charge >= 0.3 is 5.97 Å². The quantitative estimate of drug-likeness (QED) is 0.210. The molecular weight excluding hydrogens is 739 g/mol. The normalized spacial score (nSPS) is 29.9. The van der Waals surface area contributed by atoms with Crippen molar-refractivity contribution in [3.05, 3.63) is 58.2 Å². The Labute approximate surface area is 329 Å². The first-order chi connectivity index (χ1) is 26.5. The van der Waals surface area contributed by atoms with E-state index in [0.717, 1.165) is 49.7 Å². The summed E-state index contributed by atoms with van der Waals surface area (Å²) in [5.41, 5.74) is 6.88. The second kappa shape index (κ2) is 13.7. The average molecular weight is 789 g/mol. The highest BCUT2D eigenvalue weighted by molar-refractivity contribution is 7.10. The van der Waals surface area contributed by atoms with Crippen LogP contribution >= 0.6 is 11.3 Å². The number of esters is 1. The fourth-order valence-electron chi connectivity index (χ4n) is 9.19. The lowest BCUT2D eigenvalue weighted by atomic mass is 9.84. The number of hydrogen-bond donors (Lipinski definition) is 2. The van der Waals surface area contributed by atoms with Crippen molar-refractivity contribution in [3.63, 3.8) is 0 Å². The number of hydrazine groups is 1. The zero-order valence-corrected chi connectivity index (χ0v) is 33.9. The average Bonchev–Trinajstić information content (AvgIpc) is 3.65. The fraction of sp³-hybridized carbons (Fsp3) is 0.548. The van der Waals surface area contributed by atoms with Gasteiger partial charge in [-0.1, -0.05) is 40.7 Å². The van der Waals surface area contributed by atoms with Gasteiger partial charge in [-0.25, -0.2) is 19.2 Å². The molecule has 4 aromatic rings. The molecular formula is C42H50F2N6O5S. The number of carbonyl (C=O) groups is 3. The van der Waals surface area contributed by atoms with Crippen LogP contribution in [0.4, 0.5) is 8.78 Å². The summed E-state index contributed by atoms with van der Waals surface area (Å²) in [5.74, 6) is -6.22. The molecule has 1 aromatic carbocycles. The number of methoxy groups -OCH3 is 1.